The topological polar surface area (TPSA) is 55.1 Å². The third-order valence-electron chi connectivity index (χ3n) is 1.92. The summed E-state index contributed by atoms with van der Waals surface area (Å²) in [5.74, 6) is 0.110. The number of nitrogens with one attached hydrogen (secondary N) is 1. The molecule has 76 valence electrons. The second kappa shape index (κ2) is 5.12. The lowest BCUT2D eigenvalue weighted by atomic mass is 10.1. The van der Waals surface area contributed by atoms with Crippen LogP contribution in [0.5, 0.6) is 0 Å². The molecule has 0 saturated heterocycles. The van der Waals surface area contributed by atoms with Gasteiger partial charge in [-0.25, -0.2) is 0 Å². The summed E-state index contributed by atoms with van der Waals surface area (Å²) in [6, 6.07) is 5.27. The fourth-order valence-electron chi connectivity index (χ4n) is 1.10. The molecular weight excluding hydrogens is 244 g/mol. The number of ketones is 1. The SMILES string of the molecule is CNCCC(=O)c1ccc(Br)c(N)c1. The molecule has 0 unspecified atom stereocenters. The van der Waals surface area contributed by atoms with Gasteiger partial charge in [0, 0.05) is 28.7 Å². The van der Waals surface area contributed by atoms with Crippen molar-refractivity contribution in [2.24, 2.45) is 0 Å². The van der Waals surface area contributed by atoms with E-state index in [2.05, 4.69) is 21.2 Å². The number of nitrogens with two attached hydrogens (primary N) is 1. The van der Waals surface area contributed by atoms with Gasteiger partial charge < -0.3 is 11.1 Å². The highest BCUT2D eigenvalue weighted by Crippen LogP contribution is 2.20. The molecule has 3 nitrogen and oxygen atoms in total. The standard InChI is InChI=1S/C10H13BrN2O/c1-13-5-4-10(14)7-2-3-8(11)9(12)6-7/h2-3,6,13H,4-5,12H2,1H3. The molecule has 0 saturated carbocycles. The van der Waals surface area contributed by atoms with Gasteiger partial charge >= 0.3 is 0 Å². The molecular formula is C10H13BrN2O. The Morgan fingerprint density at radius 3 is 2.86 bits per heavy atom. The zero-order chi connectivity index (χ0) is 10.6. The van der Waals surface area contributed by atoms with E-state index in [0.29, 0.717) is 24.2 Å². The van der Waals surface area contributed by atoms with Crippen molar-refractivity contribution in [3.8, 4) is 0 Å². The number of anilines is 1. The molecule has 3 N–H and O–H groups in total. The Hall–Kier alpha value is -0.870. The lowest BCUT2D eigenvalue weighted by Gasteiger charge is -2.03. The van der Waals surface area contributed by atoms with Gasteiger partial charge in [0.2, 0.25) is 0 Å². The van der Waals surface area contributed by atoms with Gasteiger partial charge in [-0.15, -0.1) is 0 Å². The third kappa shape index (κ3) is 2.82. The molecule has 4 heteroatoms. The van der Waals surface area contributed by atoms with Crippen LogP contribution in [0.2, 0.25) is 0 Å². The number of nitrogen functional groups attached to an aromatic ring is 1. The number of carbonyl (C=O) groups excluding carboxylic acids is 1. The molecule has 1 aromatic carbocycles. The van der Waals surface area contributed by atoms with Crippen LogP contribution in [0.1, 0.15) is 16.8 Å². The van der Waals surface area contributed by atoms with Gasteiger partial charge in [0.15, 0.2) is 5.78 Å². The van der Waals surface area contributed by atoms with E-state index in [9.17, 15) is 4.79 Å². The van der Waals surface area contributed by atoms with Gasteiger partial charge in [-0.2, -0.15) is 0 Å². The Balaban J connectivity index is 2.76. The van der Waals surface area contributed by atoms with Gasteiger partial charge in [0.1, 0.15) is 0 Å². The van der Waals surface area contributed by atoms with Crippen molar-refractivity contribution in [3.63, 3.8) is 0 Å². The second-order valence-corrected chi connectivity index (χ2v) is 3.87. The summed E-state index contributed by atoms with van der Waals surface area (Å²) in [4.78, 5) is 11.6. The van der Waals surface area contributed by atoms with Crippen LogP contribution in [0.3, 0.4) is 0 Å². The summed E-state index contributed by atoms with van der Waals surface area (Å²) in [6.07, 6.45) is 0.498. The molecule has 0 aromatic heterocycles. The van der Waals surface area contributed by atoms with Crippen LogP contribution in [0.4, 0.5) is 5.69 Å². The maximum absolute atomic E-state index is 11.6. The number of hydrogen-bond donors (Lipinski definition) is 2. The lowest BCUT2D eigenvalue weighted by Crippen LogP contribution is -2.13. The number of hydrogen-bond acceptors (Lipinski definition) is 3. The molecule has 0 aliphatic rings. The van der Waals surface area contributed by atoms with Crippen LogP contribution < -0.4 is 11.1 Å². The van der Waals surface area contributed by atoms with Crippen molar-refractivity contribution < 1.29 is 4.79 Å². The van der Waals surface area contributed by atoms with E-state index in [0.717, 1.165) is 4.47 Å². The molecule has 1 rings (SSSR count). The molecule has 0 fully saturated rings. The van der Waals surface area contributed by atoms with Crippen LogP contribution in [0.25, 0.3) is 0 Å². The molecule has 0 aliphatic heterocycles. The predicted molar refractivity (Wildman–Crippen MR) is 61.4 cm³/mol. The average Bonchev–Trinajstić information content (AvgIpc) is 2.18. The van der Waals surface area contributed by atoms with E-state index in [1.165, 1.54) is 0 Å². The zero-order valence-corrected chi connectivity index (χ0v) is 9.60. The Morgan fingerprint density at radius 1 is 1.57 bits per heavy atom. The van der Waals surface area contributed by atoms with Crippen molar-refractivity contribution in [1.29, 1.82) is 0 Å². The number of halogens is 1. The molecule has 0 bridgehead atoms. The summed E-state index contributed by atoms with van der Waals surface area (Å²) in [5, 5.41) is 2.93. The van der Waals surface area contributed by atoms with E-state index in [-0.39, 0.29) is 5.78 Å². The maximum atomic E-state index is 11.6. The minimum Gasteiger partial charge on any atom is -0.398 e. The van der Waals surface area contributed by atoms with E-state index in [4.69, 9.17) is 5.73 Å². The summed E-state index contributed by atoms with van der Waals surface area (Å²) >= 11 is 3.28. The van der Waals surface area contributed by atoms with E-state index in [1.54, 1.807) is 18.2 Å². The molecule has 0 spiro atoms. The first-order valence-corrected chi connectivity index (χ1v) is 5.17. The van der Waals surface area contributed by atoms with E-state index >= 15 is 0 Å². The van der Waals surface area contributed by atoms with Crippen LogP contribution in [-0.4, -0.2) is 19.4 Å². The Morgan fingerprint density at radius 2 is 2.29 bits per heavy atom. The summed E-state index contributed by atoms with van der Waals surface area (Å²) in [7, 11) is 1.82. The number of Topliss-reactive ketones (excluding diaryl/α,β-unsaturated/α-hetero) is 1. The molecule has 0 amide bonds. The summed E-state index contributed by atoms with van der Waals surface area (Å²) in [6.45, 7) is 0.689. The van der Waals surface area contributed by atoms with Crippen LogP contribution in [0.15, 0.2) is 22.7 Å². The lowest BCUT2D eigenvalue weighted by molar-refractivity contribution is 0.0983. The Bertz CT molecular complexity index is 339. The largest absolute Gasteiger partial charge is 0.398 e. The first kappa shape index (κ1) is 11.2. The molecule has 0 aliphatic carbocycles. The molecule has 0 radical (unpaired) electrons. The first-order chi connectivity index (χ1) is 6.65. The van der Waals surface area contributed by atoms with Crippen molar-refractivity contribution >= 4 is 27.4 Å². The van der Waals surface area contributed by atoms with Gasteiger partial charge in [-0.05, 0) is 35.1 Å². The third-order valence-corrected chi connectivity index (χ3v) is 2.64. The molecule has 0 atom stereocenters. The number of carbonyl (C=O) groups is 1. The second-order valence-electron chi connectivity index (χ2n) is 3.01. The smallest absolute Gasteiger partial charge is 0.164 e. The Labute approximate surface area is 91.8 Å². The highest BCUT2D eigenvalue weighted by atomic mass is 79.9. The highest BCUT2D eigenvalue weighted by Gasteiger charge is 2.06. The van der Waals surface area contributed by atoms with Crippen molar-refractivity contribution in [2.75, 3.05) is 19.3 Å². The van der Waals surface area contributed by atoms with E-state index in [1.807, 2.05) is 7.05 Å². The van der Waals surface area contributed by atoms with Crippen molar-refractivity contribution in [3.05, 3.63) is 28.2 Å². The maximum Gasteiger partial charge on any atom is 0.164 e. The van der Waals surface area contributed by atoms with Crippen LogP contribution in [-0.2, 0) is 0 Å². The summed E-state index contributed by atoms with van der Waals surface area (Å²) in [5.41, 5.74) is 6.94. The van der Waals surface area contributed by atoms with Crippen molar-refractivity contribution in [1.82, 2.24) is 5.32 Å². The fourth-order valence-corrected chi connectivity index (χ4v) is 1.35. The number of rotatable bonds is 4. The van der Waals surface area contributed by atoms with Crippen molar-refractivity contribution in [2.45, 2.75) is 6.42 Å². The molecule has 1 aromatic rings. The van der Waals surface area contributed by atoms with Gasteiger partial charge in [0.05, 0.1) is 0 Å². The normalized spacial score (nSPS) is 10.1. The molecule has 0 heterocycles. The predicted octanol–water partition coefficient (Wildman–Crippen LogP) is 1.82. The first-order valence-electron chi connectivity index (χ1n) is 4.38. The monoisotopic (exact) mass is 256 g/mol. The van der Waals surface area contributed by atoms with Crippen LogP contribution >= 0.6 is 15.9 Å². The number of benzene rings is 1. The highest BCUT2D eigenvalue weighted by molar-refractivity contribution is 9.10. The average molecular weight is 257 g/mol. The molecule has 14 heavy (non-hydrogen) atoms. The zero-order valence-electron chi connectivity index (χ0n) is 8.01. The minimum absolute atomic E-state index is 0.110. The van der Waals surface area contributed by atoms with Gasteiger partial charge in [-0.1, -0.05) is 6.07 Å². The van der Waals surface area contributed by atoms with Gasteiger partial charge in [0.25, 0.3) is 0 Å². The van der Waals surface area contributed by atoms with Gasteiger partial charge in [-0.3, -0.25) is 4.79 Å². The fraction of sp³-hybridized carbons (Fsp3) is 0.300. The van der Waals surface area contributed by atoms with Crippen LogP contribution in [0, 0.1) is 0 Å². The minimum atomic E-state index is 0.110. The summed E-state index contributed by atoms with van der Waals surface area (Å²) < 4.78 is 0.822. The van der Waals surface area contributed by atoms with E-state index < -0.39 is 0 Å². The quantitative estimate of drug-likeness (QED) is 0.639. The Kier molecular flexibility index (Phi) is 4.10.